The molecule has 0 saturated carbocycles. The van der Waals surface area contributed by atoms with E-state index >= 15 is 0 Å². The Morgan fingerprint density at radius 3 is 3.09 bits per heavy atom. The van der Waals surface area contributed by atoms with Gasteiger partial charge in [-0.3, -0.25) is 0 Å². The Labute approximate surface area is 75.4 Å². The van der Waals surface area contributed by atoms with Gasteiger partial charge in [-0.25, -0.2) is 0 Å². The maximum atomic E-state index is 5.78. The van der Waals surface area contributed by atoms with Crippen molar-refractivity contribution in [3.8, 4) is 0 Å². The van der Waals surface area contributed by atoms with Gasteiger partial charge in [-0.15, -0.1) is 5.10 Å². The zero-order chi connectivity index (χ0) is 7.84. The zero-order valence-corrected chi connectivity index (χ0v) is 7.56. The zero-order valence-electron chi connectivity index (χ0n) is 5.21. The first kappa shape index (κ1) is 7.06. The van der Waals surface area contributed by atoms with E-state index in [4.69, 9.17) is 16.1 Å². The molecule has 2 rings (SSSR count). The SMILES string of the molecule is Clc1cc2onnc2cc1Br. The van der Waals surface area contributed by atoms with Crippen LogP contribution in [0.3, 0.4) is 0 Å². The summed E-state index contributed by atoms with van der Waals surface area (Å²) >= 11 is 9.04. The molecule has 0 N–H and O–H groups in total. The molecule has 56 valence electrons. The average molecular weight is 233 g/mol. The maximum absolute atomic E-state index is 5.78. The number of benzene rings is 1. The van der Waals surface area contributed by atoms with Crippen LogP contribution in [0.2, 0.25) is 5.02 Å². The van der Waals surface area contributed by atoms with Crippen molar-refractivity contribution in [3.63, 3.8) is 0 Å². The first-order chi connectivity index (χ1) is 5.27. The van der Waals surface area contributed by atoms with E-state index in [-0.39, 0.29) is 0 Å². The molecule has 0 saturated heterocycles. The van der Waals surface area contributed by atoms with Crippen LogP contribution in [0.1, 0.15) is 0 Å². The third-order valence-corrected chi connectivity index (χ3v) is 2.49. The second-order valence-corrected chi connectivity index (χ2v) is 3.27. The van der Waals surface area contributed by atoms with Crippen LogP contribution in [0.4, 0.5) is 0 Å². The van der Waals surface area contributed by atoms with Crippen LogP contribution < -0.4 is 0 Å². The Morgan fingerprint density at radius 2 is 2.27 bits per heavy atom. The van der Waals surface area contributed by atoms with Gasteiger partial charge in [-0.2, -0.15) is 0 Å². The second kappa shape index (κ2) is 2.46. The Kier molecular flexibility index (Phi) is 1.58. The molecule has 0 aliphatic carbocycles. The third-order valence-electron chi connectivity index (χ3n) is 1.29. The normalized spacial score (nSPS) is 10.7. The molecule has 0 atom stereocenters. The predicted octanol–water partition coefficient (Wildman–Crippen LogP) is 2.64. The molecule has 0 radical (unpaired) electrons. The fourth-order valence-corrected chi connectivity index (χ4v) is 1.26. The van der Waals surface area contributed by atoms with Crippen LogP contribution in [-0.4, -0.2) is 10.4 Å². The molecular weight excluding hydrogens is 231 g/mol. The first-order valence-corrected chi connectivity index (χ1v) is 4.01. The van der Waals surface area contributed by atoms with Gasteiger partial charge in [0.15, 0.2) is 5.58 Å². The van der Waals surface area contributed by atoms with Crippen LogP contribution >= 0.6 is 27.5 Å². The van der Waals surface area contributed by atoms with Gasteiger partial charge in [-0.05, 0) is 22.0 Å². The van der Waals surface area contributed by atoms with E-state index in [0.29, 0.717) is 16.1 Å². The van der Waals surface area contributed by atoms with Gasteiger partial charge in [-0.1, -0.05) is 11.6 Å². The van der Waals surface area contributed by atoms with E-state index in [2.05, 4.69) is 26.3 Å². The molecule has 0 aliphatic rings. The Hall–Kier alpha value is -0.610. The fraction of sp³-hybridized carbons (Fsp3) is 0. The lowest BCUT2D eigenvalue weighted by Gasteiger charge is -1.91. The summed E-state index contributed by atoms with van der Waals surface area (Å²) in [4.78, 5) is 0. The molecule has 0 bridgehead atoms. The van der Waals surface area contributed by atoms with Crippen molar-refractivity contribution in [2.75, 3.05) is 0 Å². The van der Waals surface area contributed by atoms with Gasteiger partial charge >= 0.3 is 0 Å². The number of nitrogens with zero attached hydrogens (tertiary/aromatic N) is 2. The molecule has 0 amide bonds. The second-order valence-electron chi connectivity index (χ2n) is 2.01. The van der Waals surface area contributed by atoms with Gasteiger partial charge in [0.25, 0.3) is 0 Å². The van der Waals surface area contributed by atoms with Gasteiger partial charge in [0, 0.05) is 15.8 Å². The van der Waals surface area contributed by atoms with Gasteiger partial charge in [0.05, 0.1) is 5.02 Å². The summed E-state index contributed by atoms with van der Waals surface area (Å²) in [5.41, 5.74) is 1.29. The van der Waals surface area contributed by atoms with Crippen LogP contribution in [0.15, 0.2) is 21.1 Å². The maximum Gasteiger partial charge on any atom is 0.189 e. The third kappa shape index (κ3) is 1.12. The Balaban J connectivity index is 2.86. The average Bonchev–Trinajstić information content (AvgIpc) is 2.36. The minimum absolute atomic E-state index is 0.594. The molecule has 1 aromatic heterocycles. The summed E-state index contributed by atoms with van der Waals surface area (Å²) in [6.07, 6.45) is 0. The first-order valence-electron chi connectivity index (χ1n) is 2.84. The highest BCUT2D eigenvalue weighted by molar-refractivity contribution is 9.10. The lowest BCUT2D eigenvalue weighted by Crippen LogP contribution is -1.70. The number of fused-ring (bicyclic) bond motifs is 1. The monoisotopic (exact) mass is 232 g/mol. The van der Waals surface area contributed by atoms with Gasteiger partial charge < -0.3 is 4.52 Å². The molecule has 1 heterocycles. The van der Waals surface area contributed by atoms with E-state index in [1.165, 1.54) is 0 Å². The van der Waals surface area contributed by atoms with E-state index in [1.54, 1.807) is 12.1 Å². The summed E-state index contributed by atoms with van der Waals surface area (Å²) in [7, 11) is 0. The van der Waals surface area contributed by atoms with Crippen molar-refractivity contribution in [1.82, 2.24) is 10.4 Å². The lowest BCUT2D eigenvalue weighted by atomic mass is 10.3. The summed E-state index contributed by atoms with van der Waals surface area (Å²) < 4.78 is 5.58. The Bertz CT molecular complexity index is 364. The van der Waals surface area contributed by atoms with Crippen molar-refractivity contribution in [2.45, 2.75) is 0 Å². The van der Waals surface area contributed by atoms with Crippen LogP contribution in [0.25, 0.3) is 11.1 Å². The molecule has 11 heavy (non-hydrogen) atoms. The number of halogens is 2. The molecule has 5 heteroatoms. The number of rotatable bonds is 0. The molecule has 0 aliphatic heterocycles. The van der Waals surface area contributed by atoms with Crippen molar-refractivity contribution in [3.05, 3.63) is 21.6 Å². The topological polar surface area (TPSA) is 38.9 Å². The standard InChI is InChI=1S/C6H2BrClN2O/c7-3-1-5-6(2-4(3)8)11-10-9-5/h1-2H. The van der Waals surface area contributed by atoms with E-state index in [1.807, 2.05) is 0 Å². The molecular formula is C6H2BrClN2O. The quantitative estimate of drug-likeness (QED) is 0.702. The molecule has 0 unspecified atom stereocenters. The lowest BCUT2D eigenvalue weighted by molar-refractivity contribution is 0.424. The molecule has 0 fully saturated rings. The summed E-state index contributed by atoms with van der Waals surface area (Å²) in [5.74, 6) is 0. The summed E-state index contributed by atoms with van der Waals surface area (Å²) in [6, 6.07) is 3.43. The van der Waals surface area contributed by atoms with Gasteiger partial charge in [0.2, 0.25) is 0 Å². The highest BCUT2D eigenvalue weighted by Crippen LogP contribution is 2.26. The number of hydrogen-bond acceptors (Lipinski definition) is 3. The molecule has 2 aromatic rings. The van der Waals surface area contributed by atoms with Crippen molar-refractivity contribution >= 4 is 38.6 Å². The number of aromatic nitrogens is 2. The predicted molar refractivity (Wildman–Crippen MR) is 44.5 cm³/mol. The van der Waals surface area contributed by atoms with Crippen LogP contribution in [0, 0.1) is 0 Å². The van der Waals surface area contributed by atoms with Crippen molar-refractivity contribution < 1.29 is 4.52 Å². The van der Waals surface area contributed by atoms with E-state index < -0.39 is 0 Å². The summed E-state index contributed by atoms with van der Waals surface area (Å²) in [5, 5.41) is 7.69. The van der Waals surface area contributed by atoms with Crippen molar-refractivity contribution in [1.29, 1.82) is 0 Å². The minimum Gasteiger partial charge on any atom is -0.337 e. The molecule has 3 nitrogen and oxygen atoms in total. The fourth-order valence-electron chi connectivity index (χ4n) is 0.778. The van der Waals surface area contributed by atoms with Gasteiger partial charge in [0.1, 0.15) is 5.52 Å². The van der Waals surface area contributed by atoms with Crippen molar-refractivity contribution in [2.24, 2.45) is 0 Å². The molecule has 1 aromatic carbocycles. The Morgan fingerprint density at radius 1 is 1.45 bits per heavy atom. The molecule has 0 spiro atoms. The smallest absolute Gasteiger partial charge is 0.189 e. The van der Waals surface area contributed by atoms with Crippen LogP contribution in [-0.2, 0) is 0 Å². The van der Waals surface area contributed by atoms with Crippen LogP contribution in [0.5, 0.6) is 0 Å². The number of hydrogen-bond donors (Lipinski definition) is 0. The highest BCUT2D eigenvalue weighted by atomic mass is 79.9. The van der Waals surface area contributed by atoms with E-state index in [9.17, 15) is 0 Å². The van der Waals surface area contributed by atoms with E-state index in [0.717, 1.165) is 4.47 Å². The summed E-state index contributed by atoms with van der Waals surface area (Å²) in [6.45, 7) is 0. The largest absolute Gasteiger partial charge is 0.337 e. The minimum atomic E-state index is 0.594. The highest BCUT2D eigenvalue weighted by Gasteiger charge is 2.04.